The van der Waals surface area contributed by atoms with E-state index in [1.807, 2.05) is 24.4 Å². The van der Waals surface area contributed by atoms with Crippen molar-refractivity contribution in [3.05, 3.63) is 33.5 Å². The summed E-state index contributed by atoms with van der Waals surface area (Å²) in [7, 11) is 0. The number of hydrogen-bond donors (Lipinski definition) is 0. The van der Waals surface area contributed by atoms with Gasteiger partial charge in [0.15, 0.2) is 5.78 Å². The average molecular weight is 272 g/mol. The van der Waals surface area contributed by atoms with E-state index in [1.165, 1.54) is 11.3 Å². The Bertz CT molecular complexity index is 572. The maximum Gasteiger partial charge on any atom is 0.212 e. The molecule has 0 saturated carbocycles. The van der Waals surface area contributed by atoms with Gasteiger partial charge in [0.05, 0.1) is 4.88 Å². The van der Waals surface area contributed by atoms with Gasteiger partial charge in [0.2, 0.25) is 5.78 Å². The largest absolute Gasteiger partial charge is 0.293 e. The first-order chi connectivity index (χ1) is 9.11. The third kappa shape index (κ3) is 3.21. The number of ketones is 2. The van der Waals surface area contributed by atoms with Gasteiger partial charge in [-0.2, -0.15) is 0 Å². The Kier molecular flexibility index (Phi) is 4.34. The molecular formula is C16H16O2S. The van der Waals surface area contributed by atoms with E-state index in [-0.39, 0.29) is 17.5 Å². The molecule has 3 heteroatoms. The van der Waals surface area contributed by atoms with E-state index in [0.29, 0.717) is 6.42 Å². The zero-order chi connectivity index (χ0) is 13.8. The summed E-state index contributed by atoms with van der Waals surface area (Å²) in [6.45, 7) is 1.95. The highest BCUT2D eigenvalue weighted by Crippen LogP contribution is 2.28. The van der Waals surface area contributed by atoms with Crippen LogP contribution in [0.1, 0.15) is 40.9 Å². The number of thiophene rings is 1. The second-order valence-corrected chi connectivity index (χ2v) is 5.78. The van der Waals surface area contributed by atoms with Gasteiger partial charge in [0.1, 0.15) is 0 Å². The lowest BCUT2D eigenvalue weighted by Crippen LogP contribution is -2.15. The lowest BCUT2D eigenvalue weighted by Gasteiger charge is -2.18. The minimum Gasteiger partial charge on any atom is -0.293 e. The molecule has 1 aliphatic carbocycles. The quantitative estimate of drug-likeness (QED) is 0.363. The summed E-state index contributed by atoms with van der Waals surface area (Å²) in [6.07, 6.45) is 10.1. The fraction of sp³-hybridized carbons (Fsp3) is 0.375. The molecule has 1 aliphatic rings. The van der Waals surface area contributed by atoms with Crippen LogP contribution in [0.3, 0.4) is 0 Å². The minimum atomic E-state index is -0.189. The number of hydrogen-bond acceptors (Lipinski definition) is 3. The van der Waals surface area contributed by atoms with Crippen molar-refractivity contribution >= 4 is 22.9 Å². The van der Waals surface area contributed by atoms with Crippen LogP contribution in [0.25, 0.3) is 0 Å². The van der Waals surface area contributed by atoms with Crippen LogP contribution < -0.4 is 0 Å². The highest BCUT2D eigenvalue weighted by molar-refractivity contribution is 7.12. The Morgan fingerprint density at radius 3 is 2.95 bits per heavy atom. The van der Waals surface area contributed by atoms with Crippen molar-refractivity contribution in [1.29, 1.82) is 0 Å². The first kappa shape index (κ1) is 13.8. The van der Waals surface area contributed by atoms with E-state index in [1.54, 1.807) is 0 Å². The summed E-state index contributed by atoms with van der Waals surface area (Å²) in [5.41, 5.74) is 2.08. The first-order valence-electron chi connectivity index (χ1n) is 6.39. The van der Waals surface area contributed by atoms with Crippen LogP contribution in [0.15, 0.2) is 23.1 Å². The standard InChI is InChI=1S/C16H16O2S/c1-3-14(17)13-6-4-5-12(9-13)10-15(18)16-11(2)7-8-19-16/h1,7-9,13H,4-6,10H2,2H3/t13-/m1/s1. The van der Waals surface area contributed by atoms with Gasteiger partial charge in [-0.1, -0.05) is 11.6 Å². The summed E-state index contributed by atoms with van der Waals surface area (Å²) < 4.78 is 0. The van der Waals surface area contributed by atoms with E-state index in [2.05, 4.69) is 5.92 Å². The van der Waals surface area contributed by atoms with Gasteiger partial charge in [0, 0.05) is 12.3 Å². The van der Waals surface area contributed by atoms with Gasteiger partial charge in [-0.15, -0.1) is 17.8 Å². The SMILES string of the molecule is C#CC(=O)[C@H]1C=C(CC(=O)c2sccc2C)CCC1. The summed E-state index contributed by atoms with van der Waals surface area (Å²) in [4.78, 5) is 24.5. The molecule has 0 aromatic carbocycles. The lowest BCUT2D eigenvalue weighted by atomic mass is 9.86. The van der Waals surface area contributed by atoms with Gasteiger partial charge in [-0.25, -0.2) is 0 Å². The number of carbonyl (C=O) groups is 2. The molecule has 1 aromatic rings. The third-order valence-electron chi connectivity index (χ3n) is 3.43. The molecule has 1 heterocycles. The molecule has 98 valence electrons. The van der Waals surface area contributed by atoms with Crippen molar-refractivity contribution in [3.8, 4) is 12.3 Å². The molecule has 0 unspecified atom stereocenters. The second kappa shape index (κ2) is 5.99. The zero-order valence-corrected chi connectivity index (χ0v) is 11.8. The zero-order valence-electron chi connectivity index (χ0n) is 10.9. The van der Waals surface area contributed by atoms with E-state index < -0.39 is 0 Å². The number of Topliss-reactive ketones (excluding diaryl/α,β-unsaturated/α-hetero) is 2. The van der Waals surface area contributed by atoms with Crippen LogP contribution in [0.2, 0.25) is 0 Å². The Labute approximate surface area is 117 Å². The second-order valence-electron chi connectivity index (χ2n) is 4.86. The highest BCUT2D eigenvalue weighted by Gasteiger charge is 2.21. The molecule has 0 aliphatic heterocycles. The molecule has 0 N–H and O–H groups in total. The van der Waals surface area contributed by atoms with Crippen molar-refractivity contribution in [2.45, 2.75) is 32.6 Å². The van der Waals surface area contributed by atoms with Crippen LogP contribution in [-0.4, -0.2) is 11.6 Å². The van der Waals surface area contributed by atoms with Gasteiger partial charge in [-0.05, 0) is 49.1 Å². The monoisotopic (exact) mass is 272 g/mol. The Morgan fingerprint density at radius 2 is 2.32 bits per heavy atom. The van der Waals surface area contributed by atoms with Crippen molar-refractivity contribution in [1.82, 2.24) is 0 Å². The van der Waals surface area contributed by atoms with Gasteiger partial charge < -0.3 is 0 Å². The van der Waals surface area contributed by atoms with Crippen LogP contribution in [0.4, 0.5) is 0 Å². The molecular weight excluding hydrogens is 256 g/mol. The van der Waals surface area contributed by atoms with Crippen molar-refractivity contribution in [2.24, 2.45) is 5.92 Å². The van der Waals surface area contributed by atoms with Gasteiger partial charge in [-0.3, -0.25) is 9.59 Å². The van der Waals surface area contributed by atoms with Gasteiger partial charge >= 0.3 is 0 Å². The lowest BCUT2D eigenvalue weighted by molar-refractivity contribution is -0.116. The minimum absolute atomic E-state index is 0.146. The Hall–Kier alpha value is -1.66. The predicted octanol–water partition coefficient (Wildman–Crippen LogP) is 3.56. The summed E-state index contributed by atoms with van der Waals surface area (Å²) in [6, 6.07) is 1.96. The fourth-order valence-electron chi connectivity index (χ4n) is 2.41. The summed E-state index contributed by atoms with van der Waals surface area (Å²) >= 11 is 1.48. The van der Waals surface area contributed by atoms with Crippen LogP contribution in [0.5, 0.6) is 0 Å². The molecule has 2 rings (SSSR count). The first-order valence-corrected chi connectivity index (χ1v) is 7.27. The number of allylic oxidation sites excluding steroid dienone is 2. The fourth-order valence-corrected chi connectivity index (χ4v) is 3.27. The number of aryl methyl sites for hydroxylation is 1. The molecule has 0 spiro atoms. The molecule has 0 fully saturated rings. The smallest absolute Gasteiger partial charge is 0.212 e. The Morgan fingerprint density at radius 1 is 1.53 bits per heavy atom. The maximum absolute atomic E-state index is 12.2. The number of carbonyl (C=O) groups excluding carboxylic acids is 2. The van der Waals surface area contributed by atoms with Crippen LogP contribution >= 0.6 is 11.3 Å². The topological polar surface area (TPSA) is 34.1 Å². The van der Waals surface area contributed by atoms with Gasteiger partial charge in [0.25, 0.3) is 0 Å². The van der Waals surface area contributed by atoms with E-state index in [4.69, 9.17) is 6.42 Å². The molecule has 2 nitrogen and oxygen atoms in total. The summed E-state index contributed by atoms with van der Waals surface area (Å²) in [5, 5.41) is 1.93. The number of rotatable bonds is 4. The molecule has 0 saturated heterocycles. The van der Waals surface area contributed by atoms with E-state index in [9.17, 15) is 9.59 Å². The molecule has 19 heavy (non-hydrogen) atoms. The molecule has 1 aromatic heterocycles. The van der Waals surface area contributed by atoms with E-state index in [0.717, 1.165) is 35.3 Å². The van der Waals surface area contributed by atoms with Crippen LogP contribution in [0, 0.1) is 25.2 Å². The predicted molar refractivity (Wildman–Crippen MR) is 77.3 cm³/mol. The third-order valence-corrected chi connectivity index (χ3v) is 4.49. The molecule has 1 atom stereocenters. The molecule has 0 radical (unpaired) electrons. The van der Waals surface area contributed by atoms with Crippen LogP contribution in [-0.2, 0) is 4.79 Å². The average Bonchev–Trinajstić information content (AvgIpc) is 2.84. The van der Waals surface area contributed by atoms with Crippen molar-refractivity contribution in [2.75, 3.05) is 0 Å². The summed E-state index contributed by atoms with van der Waals surface area (Å²) in [5.74, 6) is 1.97. The van der Waals surface area contributed by atoms with Crippen molar-refractivity contribution in [3.63, 3.8) is 0 Å². The molecule has 0 bridgehead atoms. The van der Waals surface area contributed by atoms with E-state index >= 15 is 0 Å². The number of terminal acetylenes is 1. The molecule has 0 amide bonds. The maximum atomic E-state index is 12.2. The van der Waals surface area contributed by atoms with Crippen molar-refractivity contribution < 1.29 is 9.59 Å². The Balaban J connectivity index is 2.09. The highest BCUT2D eigenvalue weighted by atomic mass is 32.1. The normalized spacial score (nSPS) is 18.5.